The lowest BCUT2D eigenvalue weighted by Crippen LogP contribution is -2.25. The Hall–Kier alpha value is -0.790. The fourth-order valence-corrected chi connectivity index (χ4v) is 0.721. The molecule has 2 nitrogen and oxygen atoms in total. The van der Waals surface area contributed by atoms with Crippen molar-refractivity contribution >= 4 is 5.91 Å². The Bertz CT molecular complexity index is 150. The summed E-state index contributed by atoms with van der Waals surface area (Å²) in [5.41, 5.74) is 0. The van der Waals surface area contributed by atoms with Crippen LogP contribution in [0.2, 0.25) is 0 Å². The maximum atomic E-state index is 11.0. The highest BCUT2D eigenvalue weighted by Gasteiger charge is 1.95. The molecule has 0 aliphatic heterocycles. The average molecular weight is 169 g/mol. The number of carbonyl (C=O) groups excluding carboxylic acids is 1. The minimum atomic E-state index is 0.0251. The first kappa shape index (κ1) is 11.2. The van der Waals surface area contributed by atoms with Crippen LogP contribution in [-0.4, -0.2) is 12.5 Å². The van der Waals surface area contributed by atoms with Crippen molar-refractivity contribution < 1.29 is 4.79 Å². The Kier molecular flexibility index (Phi) is 6.44. The average Bonchev–Trinajstić information content (AvgIpc) is 2.01. The molecule has 0 rings (SSSR count). The summed E-state index contributed by atoms with van der Waals surface area (Å²) in [7, 11) is 0. The van der Waals surface area contributed by atoms with Crippen molar-refractivity contribution in [3.63, 3.8) is 0 Å². The summed E-state index contributed by atoms with van der Waals surface area (Å²) in [5, 5.41) is 2.82. The predicted molar refractivity (Wildman–Crippen MR) is 51.9 cm³/mol. The van der Waals surface area contributed by atoms with Crippen LogP contribution in [0.25, 0.3) is 0 Å². The molecule has 0 radical (unpaired) electrons. The van der Waals surface area contributed by atoms with Gasteiger partial charge in [0.15, 0.2) is 0 Å². The molecule has 0 fully saturated rings. The third-order valence-electron chi connectivity index (χ3n) is 1.41. The van der Waals surface area contributed by atoms with Crippen LogP contribution in [0, 0.1) is 5.92 Å². The van der Waals surface area contributed by atoms with E-state index in [1.54, 1.807) is 6.08 Å². The Morgan fingerprint density at radius 2 is 2.17 bits per heavy atom. The van der Waals surface area contributed by atoms with Crippen molar-refractivity contribution in [2.24, 2.45) is 5.92 Å². The monoisotopic (exact) mass is 169 g/mol. The van der Waals surface area contributed by atoms with E-state index in [4.69, 9.17) is 0 Å². The van der Waals surface area contributed by atoms with Crippen LogP contribution in [0.4, 0.5) is 0 Å². The summed E-state index contributed by atoms with van der Waals surface area (Å²) in [4.78, 5) is 11.0. The lowest BCUT2D eigenvalue weighted by molar-refractivity contribution is -0.116. The van der Waals surface area contributed by atoms with Gasteiger partial charge in [-0.3, -0.25) is 4.79 Å². The molecule has 0 saturated carbocycles. The van der Waals surface area contributed by atoms with Gasteiger partial charge < -0.3 is 5.32 Å². The molecular weight excluding hydrogens is 150 g/mol. The maximum absolute atomic E-state index is 11.0. The number of allylic oxidation sites excluding steroid dienone is 1. The van der Waals surface area contributed by atoms with Gasteiger partial charge in [0.2, 0.25) is 5.91 Å². The summed E-state index contributed by atoms with van der Waals surface area (Å²) in [6, 6.07) is 0. The highest BCUT2D eigenvalue weighted by Crippen LogP contribution is 1.89. The van der Waals surface area contributed by atoms with Gasteiger partial charge in [0.1, 0.15) is 0 Å². The SMILES string of the molecule is CCC/C=C/C(=O)NCC(C)C. The molecule has 0 aromatic carbocycles. The van der Waals surface area contributed by atoms with E-state index in [0.717, 1.165) is 19.4 Å². The molecular formula is C10H19NO. The molecule has 0 aliphatic carbocycles. The molecule has 70 valence electrons. The zero-order valence-corrected chi connectivity index (χ0v) is 8.26. The van der Waals surface area contributed by atoms with Crippen molar-refractivity contribution in [1.82, 2.24) is 5.32 Å². The van der Waals surface area contributed by atoms with Gasteiger partial charge >= 0.3 is 0 Å². The van der Waals surface area contributed by atoms with E-state index in [-0.39, 0.29) is 5.91 Å². The molecule has 2 heteroatoms. The van der Waals surface area contributed by atoms with E-state index in [2.05, 4.69) is 26.1 Å². The van der Waals surface area contributed by atoms with Crippen LogP contribution in [0.5, 0.6) is 0 Å². The summed E-state index contributed by atoms with van der Waals surface area (Å²) >= 11 is 0. The van der Waals surface area contributed by atoms with E-state index in [0.29, 0.717) is 5.92 Å². The Morgan fingerprint density at radius 3 is 2.67 bits per heavy atom. The first-order chi connectivity index (χ1) is 5.66. The van der Waals surface area contributed by atoms with E-state index in [1.807, 2.05) is 6.08 Å². The van der Waals surface area contributed by atoms with Crippen molar-refractivity contribution in [3.05, 3.63) is 12.2 Å². The van der Waals surface area contributed by atoms with Crippen LogP contribution in [0.3, 0.4) is 0 Å². The Labute approximate surface area is 75.0 Å². The molecule has 1 N–H and O–H groups in total. The second-order valence-electron chi connectivity index (χ2n) is 3.33. The van der Waals surface area contributed by atoms with E-state index >= 15 is 0 Å². The van der Waals surface area contributed by atoms with Crippen molar-refractivity contribution in [3.8, 4) is 0 Å². The number of carbonyl (C=O) groups is 1. The Balaban J connectivity index is 3.46. The molecule has 0 saturated heterocycles. The van der Waals surface area contributed by atoms with Gasteiger partial charge in [-0.15, -0.1) is 0 Å². The minimum absolute atomic E-state index is 0.0251. The molecule has 0 aliphatic rings. The number of rotatable bonds is 5. The summed E-state index contributed by atoms with van der Waals surface area (Å²) in [5.74, 6) is 0.547. The number of nitrogens with one attached hydrogen (secondary N) is 1. The van der Waals surface area contributed by atoms with Crippen molar-refractivity contribution in [2.45, 2.75) is 33.6 Å². The fraction of sp³-hybridized carbons (Fsp3) is 0.700. The van der Waals surface area contributed by atoms with Gasteiger partial charge in [-0.2, -0.15) is 0 Å². The molecule has 0 bridgehead atoms. The van der Waals surface area contributed by atoms with Crippen molar-refractivity contribution in [2.75, 3.05) is 6.54 Å². The molecule has 0 aromatic rings. The third-order valence-corrected chi connectivity index (χ3v) is 1.41. The first-order valence-corrected chi connectivity index (χ1v) is 4.61. The summed E-state index contributed by atoms with van der Waals surface area (Å²) in [6.45, 7) is 7.01. The van der Waals surface area contributed by atoms with E-state index < -0.39 is 0 Å². The number of hydrogen-bond acceptors (Lipinski definition) is 1. The van der Waals surface area contributed by atoms with Gasteiger partial charge in [0, 0.05) is 6.54 Å². The lowest BCUT2D eigenvalue weighted by atomic mass is 10.2. The smallest absolute Gasteiger partial charge is 0.243 e. The lowest BCUT2D eigenvalue weighted by Gasteiger charge is -2.03. The Morgan fingerprint density at radius 1 is 1.50 bits per heavy atom. The van der Waals surface area contributed by atoms with E-state index in [1.165, 1.54) is 0 Å². The van der Waals surface area contributed by atoms with Gasteiger partial charge in [-0.25, -0.2) is 0 Å². The largest absolute Gasteiger partial charge is 0.352 e. The number of amides is 1. The standard InChI is InChI=1S/C10H19NO/c1-4-5-6-7-10(12)11-8-9(2)3/h6-7,9H,4-5,8H2,1-3H3,(H,11,12)/b7-6+. The topological polar surface area (TPSA) is 29.1 Å². The van der Waals surface area contributed by atoms with Crippen LogP contribution in [0.15, 0.2) is 12.2 Å². The van der Waals surface area contributed by atoms with Crippen LogP contribution < -0.4 is 5.32 Å². The van der Waals surface area contributed by atoms with Gasteiger partial charge in [-0.05, 0) is 18.4 Å². The second-order valence-corrected chi connectivity index (χ2v) is 3.33. The molecule has 1 amide bonds. The molecule has 0 spiro atoms. The summed E-state index contributed by atoms with van der Waals surface area (Å²) in [6.07, 6.45) is 5.60. The van der Waals surface area contributed by atoms with Crippen LogP contribution >= 0.6 is 0 Å². The zero-order valence-electron chi connectivity index (χ0n) is 8.26. The highest BCUT2D eigenvalue weighted by molar-refractivity contribution is 5.87. The van der Waals surface area contributed by atoms with Gasteiger partial charge in [-0.1, -0.05) is 33.3 Å². The fourth-order valence-electron chi connectivity index (χ4n) is 0.721. The molecule has 0 atom stereocenters. The minimum Gasteiger partial charge on any atom is -0.352 e. The first-order valence-electron chi connectivity index (χ1n) is 4.61. The van der Waals surface area contributed by atoms with Gasteiger partial charge in [0.05, 0.1) is 0 Å². The summed E-state index contributed by atoms with van der Waals surface area (Å²) < 4.78 is 0. The molecule has 12 heavy (non-hydrogen) atoms. The number of unbranched alkanes of at least 4 members (excludes halogenated alkanes) is 1. The normalized spacial score (nSPS) is 11.0. The second kappa shape index (κ2) is 6.89. The predicted octanol–water partition coefficient (Wildman–Crippen LogP) is 2.11. The molecule has 0 aromatic heterocycles. The van der Waals surface area contributed by atoms with Crippen LogP contribution in [-0.2, 0) is 4.79 Å². The van der Waals surface area contributed by atoms with Crippen LogP contribution in [0.1, 0.15) is 33.6 Å². The highest BCUT2D eigenvalue weighted by atomic mass is 16.1. The zero-order chi connectivity index (χ0) is 9.40. The molecule has 0 heterocycles. The quantitative estimate of drug-likeness (QED) is 0.627. The molecule has 0 unspecified atom stereocenters. The van der Waals surface area contributed by atoms with Gasteiger partial charge in [0.25, 0.3) is 0 Å². The third kappa shape index (κ3) is 7.32. The van der Waals surface area contributed by atoms with E-state index in [9.17, 15) is 4.79 Å². The number of hydrogen-bond donors (Lipinski definition) is 1. The maximum Gasteiger partial charge on any atom is 0.243 e. The van der Waals surface area contributed by atoms with Crippen molar-refractivity contribution in [1.29, 1.82) is 0 Å².